The van der Waals surface area contributed by atoms with Crippen LogP contribution in [-0.4, -0.2) is 46.0 Å². The lowest BCUT2D eigenvalue weighted by atomic mass is 9.55. The molecule has 0 radical (unpaired) electrons. The zero-order valence-corrected chi connectivity index (χ0v) is 16.7. The van der Waals surface area contributed by atoms with Gasteiger partial charge in [-0.15, -0.1) is 10.2 Å². The molecule has 2 aliphatic rings. The maximum Gasteiger partial charge on any atom is 0.191 e. The molecule has 0 aliphatic heterocycles. The first kappa shape index (κ1) is 19.1. The van der Waals surface area contributed by atoms with E-state index in [4.69, 9.17) is 9.73 Å². The third-order valence-electron chi connectivity index (χ3n) is 6.15. The van der Waals surface area contributed by atoms with E-state index in [1.165, 1.54) is 32.1 Å². The van der Waals surface area contributed by atoms with Gasteiger partial charge in [0.05, 0.1) is 6.10 Å². The fourth-order valence-electron chi connectivity index (χ4n) is 4.49. The van der Waals surface area contributed by atoms with Gasteiger partial charge in [-0.1, -0.05) is 19.3 Å². The van der Waals surface area contributed by atoms with Crippen molar-refractivity contribution >= 4 is 5.96 Å². The maximum atomic E-state index is 6.07. The summed E-state index contributed by atoms with van der Waals surface area (Å²) in [5, 5.41) is 15.4. The second kappa shape index (κ2) is 8.37. The molecule has 0 saturated heterocycles. The lowest BCUT2D eigenvalue weighted by Gasteiger charge is -2.57. The van der Waals surface area contributed by atoms with Gasteiger partial charge >= 0.3 is 0 Å². The average Bonchev–Trinajstić information content (AvgIpc) is 2.98. The van der Waals surface area contributed by atoms with Crippen LogP contribution in [0.4, 0.5) is 0 Å². The molecule has 2 atom stereocenters. The maximum absolute atomic E-state index is 6.07. The topological polar surface area (TPSA) is 76.4 Å². The van der Waals surface area contributed by atoms with Crippen LogP contribution in [0.5, 0.6) is 0 Å². The van der Waals surface area contributed by atoms with Gasteiger partial charge in [0.15, 0.2) is 11.8 Å². The SMILES string of the molecule is CCNC(=NCc1nnc(C)n1C)NC1CC(OCC)C12CCCCC2. The molecule has 1 heterocycles. The fraction of sp³-hybridized carbons (Fsp3) is 0.842. The minimum absolute atomic E-state index is 0.284. The number of nitrogens with one attached hydrogen (secondary N) is 2. The van der Waals surface area contributed by atoms with Crippen LogP contribution in [0.1, 0.15) is 64.0 Å². The van der Waals surface area contributed by atoms with E-state index in [2.05, 4.69) is 34.7 Å². The van der Waals surface area contributed by atoms with Gasteiger partial charge in [0.25, 0.3) is 0 Å². The van der Waals surface area contributed by atoms with Gasteiger partial charge < -0.3 is 19.9 Å². The Morgan fingerprint density at radius 2 is 2.04 bits per heavy atom. The molecular weight excluding hydrogens is 328 g/mol. The Morgan fingerprint density at radius 1 is 1.27 bits per heavy atom. The minimum atomic E-state index is 0.284. The first-order valence-corrected chi connectivity index (χ1v) is 10.1. The summed E-state index contributed by atoms with van der Waals surface area (Å²) in [4.78, 5) is 4.76. The van der Waals surface area contributed by atoms with Gasteiger partial charge in [-0.3, -0.25) is 0 Å². The number of aryl methyl sites for hydroxylation is 1. The van der Waals surface area contributed by atoms with Gasteiger partial charge in [0, 0.05) is 31.7 Å². The van der Waals surface area contributed by atoms with Crippen LogP contribution in [0, 0.1) is 12.3 Å². The summed E-state index contributed by atoms with van der Waals surface area (Å²) in [5.41, 5.74) is 0.284. The van der Waals surface area contributed by atoms with Crippen molar-refractivity contribution in [3.05, 3.63) is 11.6 Å². The molecule has 26 heavy (non-hydrogen) atoms. The van der Waals surface area contributed by atoms with Crippen molar-refractivity contribution < 1.29 is 4.74 Å². The van der Waals surface area contributed by atoms with Gasteiger partial charge in [0.1, 0.15) is 12.4 Å². The van der Waals surface area contributed by atoms with Crippen molar-refractivity contribution in [1.29, 1.82) is 0 Å². The molecule has 3 rings (SSSR count). The quantitative estimate of drug-likeness (QED) is 0.600. The van der Waals surface area contributed by atoms with Crippen molar-refractivity contribution in [2.24, 2.45) is 17.5 Å². The zero-order valence-electron chi connectivity index (χ0n) is 16.7. The van der Waals surface area contributed by atoms with E-state index in [9.17, 15) is 0 Å². The molecule has 2 unspecified atom stereocenters. The zero-order chi connectivity index (χ0) is 18.6. The second-order valence-corrected chi connectivity index (χ2v) is 7.59. The Bertz CT molecular complexity index is 620. The number of hydrogen-bond acceptors (Lipinski definition) is 4. The second-order valence-electron chi connectivity index (χ2n) is 7.59. The molecule has 0 bridgehead atoms. The highest BCUT2D eigenvalue weighted by Crippen LogP contribution is 2.53. The summed E-state index contributed by atoms with van der Waals surface area (Å²) in [6, 6.07) is 0.443. The van der Waals surface area contributed by atoms with Crippen molar-refractivity contribution in [3.8, 4) is 0 Å². The summed E-state index contributed by atoms with van der Waals surface area (Å²) in [6.45, 7) is 8.34. The van der Waals surface area contributed by atoms with Crippen LogP contribution >= 0.6 is 0 Å². The standard InChI is InChI=1S/C19H34N6O/c1-5-20-18(21-13-17-24-23-14(3)25(17)4)22-15-12-16(26-6-2)19(15)10-8-7-9-11-19/h15-16H,5-13H2,1-4H3,(H2,20,21,22). The van der Waals surface area contributed by atoms with Crippen LogP contribution in [0.2, 0.25) is 0 Å². The third kappa shape index (κ3) is 3.72. The Kier molecular flexibility index (Phi) is 6.16. The summed E-state index contributed by atoms with van der Waals surface area (Å²) in [6.07, 6.45) is 7.97. The molecule has 2 aliphatic carbocycles. The van der Waals surface area contributed by atoms with Crippen LogP contribution in [0.25, 0.3) is 0 Å². The highest BCUT2D eigenvalue weighted by Gasteiger charge is 2.55. The van der Waals surface area contributed by atoms with Gasteiger partial charge in [-0.2, -0.15) is 0 Å². The van der Waals surface area contributed by atoms with Crippen molar-refractivity contribution in [2.45, 2.75) is 78.0 Å². The predicted molar refractivity (Wildman–Crippen MR) is 103 cm³/mol. The Labute approximate surface area is 157 Å². The number of nitrogens with zero attached hydrogens (tertiary/aromatic N) is 4. The van der Waals surface area contributed by atoms with Crippen LogP contribution < -0.4 is 10.6 Å². The van der Waals surface area contributed by atoms with Crippen LogP contribution in [0.15, 0.2) is 4.99 Å². The lowest BCUT2D eigenvalue weighted by Crippen LogP contribution is -2.66. The van der Waals surface area contributed by atoms with E-state index in [-0.39, 0.29) is 5.41 Å². The summed E-state index contributed by atoms with van der Waals surface area (Å²) in [5.74, 6) is 2.67. The molecule has 1 spiro atoms. The third-order valence-corrected chi connectivity index (χ3v) is 6.15. The Morgan fingerprint density at radius 3 is 2.65 bits per heavy atom. The first-order valence-electron chi connectivity index (χ1n) is 10.1. The first-order chi connectivity index (χ1) is 12.6. The molecule has 7 heteroatoms. The van der Waals surface area contributed by atoms with Gasteiger partial charge in [0.2, 0.25) is 0 Å². The molecular formula is C19H34N6O. The lowest BCUT2D eigenvalue weighted by molar-refractivity contribution is -0.145. The smallest absolute Gasteiger partial charge is 0.191 e. The van der Waals surface area contributed by atoms with E-state index in [0.717, 1.165) is 37.2 Å². The fourth-order valence-corrected chi connectivity index (χ4v) is 4.49. The summed E-state index contributed by atoms with van der Waals surface area (Å²) < 4.78 is 8.06. The molecule has 0 aromatic carbocycles. The average molecular weight is 363 g/mol. The number of aromatic nitrogens is 3. The molecule has 2 N–H and O–H groups in total. The number of ether oxygens (including phenoxy) is 1. The highest BCUT2D eigenvalue weighted by atomic mass is 16.5. The van der Waals surface area contributed by atoms with E-state index >= 15 is 0 Å². The highest BCUT2D eigenvalue weighted by molar-refractivity contribution is 5.80. The van der Waals surface area contributed by atoms with E-state index in [1.54, 1.807) is 0 Å². The van der Waals surface area contributed by atoms with Gasteiger partial charge in [-0.05, 0) is 40.0 Å². The van der Waals surface area contributed by atoms with E-state index < -0.39 is 0 Å². The molecule has 2 fully saturated rings. The van der Waals surface area contributed by atoms with Crippen molar-refractivity contribution in [1.82, 2.24) is 25.4 Å². The summed E-state index contributed by atoms with van der Waals surface area (Å²) in [7, 11) is 1.98. The predicted octanol–water partition coefficient (Wildman–Crippen LogP) is 2.31. The molecule has 2 saturated carbocycles. The van der Waals surface area contributed by atoms with E-state index in [0.29, 0.717) is 18.7 Å². The number of guanidine groups is 1. The van der Waals surface area contributed by atoms with Crippen LogP contribution in [0.3, 0.4) is 0 Å². The van der Waals surface area contributed by atoms with E-state index in [1.807, 2.05) is 18.5 Å². The summed E-state index contributed by atoms with van der Waals surface area (Å²) >= 11 is 0. The molecule has 1 aromatic heterocycles. The Hall–Kier alpha value is -1.63. The molecule has 1 aromatic rings. The number of aliphatic imine (C=N–C) groups is 1. The van der Waals surface area contributed by atoms with Gasteiger partial charge in [-0.25, -0.2) is 4.99 Å². The molecule has 0 amide bonds. The minimum Gasteiger partial charge on any atom is -0.378 e. The largest absolute Gasteiger partial charge is 0.378 e. The van der Waals surface area contributed by atoms with Crippen LogP contribution in [-0.2, 0) is 18.3 Å². The monoisotopic (exact) mass is 362 g/mol. The number of rotatable bonds is 6. The van der Waals surface area contributed by atoms with Crippen molar-refractivity contribution in [3.63, 3.8) is 0 Å². The molecule has 146 valence electrons. The molecule has 7 nitrogen and oxygen atoms in total. The number of hydrogen-bond donors (Lipinski definition) is 2. The Balaban J connectivity index is 1.68. The normalized spacial score (nSPS) is 25.2. The van der Waals surface area contributed by atoms with Crippen molar-refractivity contribution in [2.75, 3.05) is 13.2 Å².